The molecule has 2 rings (SSSR count). The first-order valence-electron chi connectivity index (χ1n) is 6.06. The van der Waals surface area contributed by atoms with Crippen LogP contribution in [0.25, 0.3) is 0 Å². The molecule has 5 nitrogen and oxygen atoms in total. The Hall–Kier alpha value is -0.940. The predicted molar refractivity (Wildman–Crippen MR) is 61.0 cm³/mol. The van der Waals surface area contributed by atoms with Crippen molar-refractivity contribution in [1.82, 2.24) is 15.0 Å². The van der Waals surface area contributed by atoms with Crippen molar-refractivity contribution in [2.45, 2.75) is 45.2 Å². The second-order valence-corrected chi connectivity index (χ2v) is 4.17. The fourth-order valence-electron chi connectivity index (χ4n) is 1.93. The van der Waals surface area contributed by atoms with E-state index in [1.54, 1.807) is 0 Å². The summed E-state index contributed by atoms with van der Waals surface area (Å²) in [6.07, 6.45) is 3.50. The van der Waals surface area contributed by atoms with Crippen LogP contribution in [0, 0.1) is 0 Å². The number of nitrogens with zero attached hydrogens (tertiary/aromatic N) is 3. The highest BCUT2D eigenvalue weighted by Crippen LogP contribution is 2.41. The molecular weight excluding hydrogens is 204 g/mol. The van der Waals surface area contributed by atoms with E-state index in [1.807, 2.05) is 11.6 Å². The summed E-state index contributed by atoms with van der Waals surface area (Å²) in [4.78, 5) is 0. The third-order valence-corrected chi connectivity index (χ3v) is 2.87. The Balaban J connectivity index is 1.94. The van der Waals surface area contributed by atoms with Crippen LogP contribution in [-0.2, 0) is 17.8 Å². The fraction of sp³-hybridized carbons (Fsp3) is 0.818. The molecule has 90 valence electrons. The van der Waals surface area contributed by atoms with E-state index < -0.39 is 0 Å². The summed E-state index contributed by atoms with van der Waals surface area (Å²) in [5.41, 5.74) is 7.90. The van der Waals surface area contributed by atoms with Gasteiger partial charge in [0.15, 0.2) is 0 Å². The molecule has 5 heteroatoms. The summed E-state index contributed by atoms with van der Waals surface area (Å²) >= 11 is 0. The van der Waals surface area contributed by atoms with Gasteiger partial charge in [0.2, 0.25) is 0 Å². The van der Waals surface area contributed by atoms with E-state index in [4.69, 9.17) is 10.5 Å². The van der Waals surface area contributed by atoms with E-state index >= 15 is 0 Å². The lowest BCUT2D eigenvalue weighted by molar-refractivity contribution is 0.140. The predicted octanol–water partition coefficient (Wildman–Crippen LogP) is 1.04. The number of rotatable bonds is 7. The van der Waals surface area contributed by atoms with Crippen molar-refractivity contribution in [3.63, 3.8) is 0 Å². The molecule has 0 aliphatic heterocycles. The molecule has 0 unspecified atom stereocenters. The SMILES string of the molecule is CCOCCCn1nnc(CN)c1C1CC1. The van der Waals surface area contributed by atoms with Crippen LogP contribution in [0.4, 0.5) is 0 Å². The summed E-state index contributed by atoms with van der Waals surface area (Å²) in [6, 6.07) is 0. The van der Waals surface area contributed by atoms with Crippen LogP contribution in [0.1, 0.15) is 43.5 Å². The van der Waals surface area contributed by atoms with Crippen LogP contribution < -0.4 is 5.73 Å². The Bertz CT molecular complexity index is 333. The highest BCUT2D eigenvalue weighted by molar-refractivity contribution is 5.20. The van der Waals surface area contributed by atoms with Crippen molar-refractivity contribution in [2.24, 2.45) is 5.73 Å². The molecule has 0 saturated heterocycles. The highest BCUT2D eigenvalue weighted by atomic mass is 16.5. The zero-order valence-corrected chi connectivity index (χ0v) is 9.85. The van der Waals surface area contributed by atoms with Crippen molar-refractivity contribution in [1.29, 1.82) is 0 Å². The molecule has 0 aromatic carbocycles. The lowest BCUT2D eigenvalue weighted by Crippen LogP contribution is -2.09. The topological polar surface area (TPSA) is 66.0 Å². The Morgan fingerprint density at radius 2 is 2.31 bits per heavy atom. The molecule has 2 N–H and O–H groups in total. The van der Waals surface area contributed by atoms with Crippen molar-refractivity contribution < 1.29 is 4.74 Å². The Labute approximate surface area is 96.0 Å². The van der Waals surface area contributed by atoms with E-state index in [-0.39, 0.29) is 0 Å². The Morgan fingerprint density at radius 3 is 2.94 bits per heavy atom. The number of hydrogen-bond donors (Lipinski definition) is 1. The molecule has 0 amide bonds. The molecular formula is C11H20N4O. The molecule has 0 radical (unpaired) electrons. The van der Waals surface area contributed by atoms with Crippen LogP contribution in [0.2, 0.25) is 0 Å². The number of aromatic nitrogens is 3. The minimum Gasteiger partial charge on any atom is -0.382 e. The van der Waals surface area contributed by atoms with E-state index in [1.165, 1.54) is 18.5 Å². The number of hydrogen-bond acceptors (Lipinski definition) is 4. The lowest BCUT2D eigenvalue weighted by Gasteiger charge is -2.06. The first kappa shape index (κ1) is 11.5. The summed E-state index contributed by atoms with van der Waals surface area (Å²) < 4.78 is 7.33. The molecule has 0 spiro atoms. The molecule has 1 aliphatic rings. The van der Waals surface area contributed by atoms with Gasteiger partial charge in [-0.15, -0.1) is 5.10 Å². The van der Waals surface area contributed by atoms with Crippen LogP contribution >= 0.6 is 0 Å². The van der Waals surface area contributed by atoms with E-state index in [0.717, 1.165) is 31.9 Å². The minimum atomic E-state index is 0.497. The zero-order valence-electron chi connectivity index (χ0n) is 9.85. The van der Waals surface area contributed by atoms with Crippen molar-refractivity contribution >= 4 is 0 Å². The summed E-state index contributed by atoms with van der Waals surface area (Å²) in [5, 5.41) is 8.32. The summed E-state index contributed by atoms with van der Waals surface area (Å²) in [7, 11) is 0. The molecule has 1 aromatic heterocycles. The van der Waals surface area contributed by atoms with Gasteiger partial charge < -0.3 is 10.5 Å². The number of ether oxygens (including phenoxy) is 1. The van der Waals surface area contributed by atoms with Crippen molar-refractivity contribution in [3.8, 4) is 0 Å². The molecule has 0 atom stereocenters. The monoisotopic (exact) mass is 224 g/mol. The van der Waals surface area contributed by atoms with Crippen molar-refractivity contribution in [3.05, 3.63) is 11.4 Å². The minimum absolute atomic E-state index is 0.497. The van der Waals surface area contributed by atoms with E-state index in [9.17, 15) is 0 Å². The van der Waals surface area contributed by atoms with E-state index in [2.05, 4.69) is 10.3 Å². The van der Waals surface area contributed by atoms with Crippen LogP contribution in [0.5, 0.6) is 0 Å². The first-order valence-corrected chi connectivity index (χ1v) is 6.06. The van der Waals surface area contributed by atoms with Gasteiger partial charge in [-0.25, -0.2) is 4.68 Å². The van der Waals surface area contributed by atoms with Gasteiger partial charge >= 0.3 is 0 Å². The first-order chi connectivity index (χ1) is 7.86. The molecule has 16 heavy (non-hydrogen) atoms. The van der Waals surface area contributed by atoms with Crippen LogP contribution in [0.15, 0.2) is 0 Å². The zero-order chi connectivity index (χ0) is 11.4. The fourth-order valence-corrected chi connectivity index (χ4v) is 1.93. The average molecular weight is 224 g/mol. The largest absolute Gasteiger partial charge is 0.382 e. The Kier molecular flexibility index (Phi) is 3.90. The van der Waals surface area contributed by atoms with Crippen molar-refractivity contribution in [2.75, 3.05) is 13.2 Å². The second-order valence-electron chi connectivity index (χ2n) is 4.17. The average Bonchev–Trinajstić information content (AvgIpc) is 3.06. The number of nitrogens with two attached hydrogens (primary N) is 1. The van der Waals surface area contributed by atoms with Crippen LogP contribution in [-0.4, -0.2) is 28.2 Å². The Morgan fingerprint density at radius 1 is 1.50 bits per heavy atom. The third-order valence-electron chi connectivity index (χ3n) is 2.87. The maximum absolute atomic E-state index is 5.67. The maximum atomic E-state index is 5.67. The highest BCUT2D eigenvalue weighted by Gasteiger charge is 2.30. The molecule has 1 aromatic rings. The maximum Gasteiger partial charge on any atom is 0.0997 e. The van der Waals surface area contributed by atoms with Crippen LogP contribution in [0.3, 0.4) is 0 Å². The van der Waals surface area contributed by atoms with Gasteiger partial charge in [0.1, 0.15) is 0 Å². The molecule has 0 bridgehead atoms. The van der Waals surface area contributed by atoms with Gasteiger partial charge in [-0.3, -0.25) is 0 Å². The van der Waals surface area contributed by atoms with Gasteiger partial charge in [-0.05, 0) is 26.2 Å². The lowest BCUT2D eigenvalue weighted by atomic mass is 10.2. The molecule has 1 aliphatic carbocycles. The van der Waals surface area contributed by atoms with Gasteiger partial charge in [0.25, 0.3) is 0 Å². The van der Waals surface area contributed by atoms with E-state index in [0.29, 0.717) is 12.5 Å². The normalized spacial score (nSPS) is 15.6. The summed E-state index contributed by atoms with van der Waals surface area (Å²) in [5.74, 6) is 0.653. The number of aryl methyl sites for hydroxylation is 1. The second kappa shape index (κ2) is 5.41. The summed E-state index contributed by atoms with van der Waals surface area (Å²) in [6.45, 7) is 4.97. The molecule has 1 fully saturated rings. The standard InChI is InChI=1S/C11H20N4O/c1-2-16-7-3-6-15-11(9-4-5-9)10(8-12)13-14-15/h9H,2-8,12H2,1H3. The smallest absolute Gasteiger partial charge is 0.0997 e. The van der Waals surface area contributed by atoms with Gasteiger partial charge in [0, 0.05) is 32.2 Å². The quantitative estimate of drug-likeness (QED) is 0.703. The van der Waals surface area contributed by atoms with Gasteiger partial charge in [0.05, 0.1) is 11.4 Å². The third kappa shape index (κ3) is 2.59. The molecule has 1 heterocycles. The van der Waals surface area contributed by atoms with Gasteiger partial charge in [-0.1, -0.05) is 5.21 Å². The molecule has 1 saturated carbocycles. The van der Waals surface area contributed by atoms with Gasteiger partial charge in [-0.2, -0.15) is 0 Å².